The predicted molar refractivity (Wildman–Crippen MR) is 76.9 cm³/mol. The fourth-order valence-corrected chi connectivity index (χ4v) is 1.98. The number of carbonyl (C=O) groups excluding carboxylic acids is 1. The van der Waals surface area contributed by atoms with Crippen molar-refractivity contribution < 1.29 is 13.6 Å². The van der Waals surface area contributed by atoms with Crippen molar-refractivity contribution in [1.82, 2.24) is 14.9 Å². The zero-order valence-electron chi connectivity index (χ0n) is 12.6. The van der Waals surface area contributed by atoms with E-state index in [0.29, 0.717) is 11.0 Å². The topological polar surface area (TPSA) is 46.9 Å². The van der Waals surface area contributed by atoms with E-state index in [9.17, 15) is 13.6 Å². The van der Waals surface area contributed by atoms with Crippen LogP contribution in [0.4, 0.5) is 8.78 Å². The third-order valence-electron chi connectivity index (χ3n) is 3.76. The molecule has 0 aliphatic rings. The molecule has 1 N–H and O–H groups in total. The second kappa shape index (κ2) is 5.42. The van der Waals surface area contributed by atoms with E-state index in [1.807, 2.05) is 20.8 Å². The number of nitrogens with one attached hydrogen (secondary N) is 1. The molecule has 1 aromatic carbocycles. The van der Waals surface area contributed by atoms with Crippen molar-refractivity contribution in [2.75, 3.05) is 0 Å². The van der Waals surface area contributed by atoms with Crippen molar-refractivity contribution in [3.05, 3.63) is 30.1 Å². The Balaban J connectivity index is 2.33. The van der Waals surface area contributed by atoms with Gasteiger partial charge in [0.05, 0.1) is 17.4 Å². The molecule has 114 valence electrons. The molecule has 1 amide bonds. The fraction of sp³-hybridized carbons (Fsp3) is 0.467. The number of hydrogen-bond acceptors (Lipinski definition) is 2. The Morgan fingerprint density at radius 1 is 1.38 bits per heavy atom. The van der Waals surface area contributed by atoms with Gasteiger partial charge in [0.15, 0.2) is 11.6 Å². The lowest BCUT2D eigenvalue weighted by Crippen LogP contribution is -2.45. The summed E-state index contributed by atoms with van der Waals surface area (Å²) >= 11 is 0. The van der Waals surface area contributed by atoms with Gasteiger partial charge < -0.3 is 9.88 Å². The van der Waals surface area contributed by atoms with E-state index < -0.39 is 17.7 Å². The smallest absolute Gasteiger partial charge is 0.243 e. The van der Waals surface area contributed by atoms with Gasteiger partial charge in [0, 0.05) is 17.7 Å². The summed E-state index contributed by atoms with van der Waals surface area (Å²) in [5.74, 6) is -2.09. The maximum absolute atomic E-state index is 13.4. The number of fused-ring (bicyclic) bond motifs is 1. The van der Waals surface area contributed by atoms with Gasteiger partial charge in [-0.25, -0.2) is 13.8 Å². The van der Waals surface area contributed by atoms with Gasteiger partial charge in [-0.2, -0.15) is 0 Å². The van der Waals surface area contributed by atoms with Gasteiger partial charge in [0.2, 0.25) is 5.91 Å². The molecule has 2 aromatic rings. The maximum Gasteiger partial charge on any atom is 0.243 e. The van der Waals surface area contributed by atoms with Crippen molar-refractivity contribution in [3.8, 4) is 0 Å². The molecule has 0 fully saturated rings. The monoisotopic (exact) mass is 295 g/mol. The van der Waals surface area contributed by atoms with Crippen LogP contribution in [-0.4, -0.2) is 21.0 Å². The van der Waals surface area contributed by atoms with Crippen molar-refractivity contribution in [1.29, 1.82) is 0 Å². The van der Waals surface area contributed by atoms with E-state index >= 15 is 0 Å². The molecule has 1 heterocycles. The molecule has 0 aliphatic heterocycles. The second-order valence-corrected chi connectivity index (χ2v) is 5.81. The Morgan fingerprint density at radius 3 is 2.62 bits per heavy atom. The molecular formula is C15H19F2N3O. The Bertz CT molecular complexity index is 679. The third-order valence-corrected chi connectivity index (χ3v) is 3.76. The number of amides is 1. The van der Waals surface area contributed by atoms with E-state index in [-0.39, 0.29) is 11.4 Å². The fourth-order valence-electron chi connectivity index (χ4n) is 1.98. The summed E-state index contributed by atoms with van der Waals surface area (Å²) in [6.45, 7) is 7.54. The van der Waals surface area contributed by atoms with Crippen LogP contribution < -0.4 is 5.32 Å². The lowest BCUT2D eigenvalue weighted by atomic mass is 10.0. The largest absolute Gasteiger partial charge is 0.349 e. The van der Waals surface area contributed by atoms with Crippen LogP contribution in [0.15, 0.2) is 18.5 Å². The van der Waals surface area contributed by atoms with E-state index in [4.69, 9.17) is 0 Å². The van der Waals surface area contributed by atoms with Gasteiger partial charge in [-0.3, -0.25) is 4.79 Å². The van der Waals surface area contributed by atoms with Gasteiger partial charge in [-0.15, -0.1) is 0 Å². The summed E-state index contributed by atoms with van der Waals surface area (Å²) in [7, 11) is 0. The minimum absolute atomic E-state index is 0.189. The van der Waals surface area contributed by atoms with Crippen molar-refractivity contribution in [2.45, 2.75) is 45.7 Å². The summed E-state index contributed by atoms with van der Waals surface area (Å²) in [5, 5.41) is 2.93. The quantitative estimate of drug-likeness (QED) is 0.941. The number of halogens is 2. The van der Waals surface area contributed by atoms with E-state index in [0.717, 1.165) is 18.6 Å². The summed E-state index contributed by atoms with van der Waals surface area (Å²) < 4.78 is 28.1. The number of hydrogen-bond donors (Lipinski definition) is 1. The molecule has 0 spiro atoms. The highest BCUT2D eigenvalue weighted by Crippen LogP contribution is 2.21. The first-order valence-corrected chi connectivity index (χ1v) is 6.89. The Hall–Kier alpha value is -1.98. The molecule has 0 saturated carbocycles. The van der Waals surface area contributed by atoms with Crippen LogP contribution in [0.2, 0.25) is 0 Å². The van der Waals surface area contributed by atoms with Crippen LogP contribution in [-0.2, 0) is 4.79 Å². The summed E-state index contributed by atoms with van der Waals surface area (Å²) in [5.41, 5.74) is 0.396. The predicted octanol–water partition coefficient (Wildman–Crippen LogP) is 3.18. The lowest BCUT2D eigenvalue weighted by Gasteiger charge is -2.27. The minimum Gasteiger partial charge on any atom is -0.349 e. The first kappa shape index (κ1) is 15.4. The normalized spacial score (nSPS) is 13.4. The van der Waals surface area contributed by atoms with Gasteiger partial charge >= 0.3 is 0 Å². The number of rotatable bonds is 4. The van der Waals surface area contributed by atoms with Gasteiger partial charge in [0.1, 0.15) is 6.04 Å². The van der Waals surface area contributed by atoms with Crippen LogP contribution in [0.5, 0.6) is 0 Å². The summed E-state index contributed by atoms with van der Waals surface area (Å²) in [6.07, 6.45) is 2.21. The SMILES string of the molecule is CCC(C)(C)NC(=O)C(C)n1cnc2cc(F)c(F)cc21. The van der Waals surface area contributed by atoms with Gasteiger partial charge in [-0.1, -0.05) is 6.92 Å². The molecule has 0 aliphatic carbocycles. The van der Waals surface area contributed by atoms with Crippen molar-refractivity contribution in [2.24, 2.45) is 0 Å². The Labute approximate surface area is 122 Å². The van der Waals surface area contributed by atoms with Gasteiger partial charge in [-0.05, 0) is 27.2 Å². The third kappa shape index (κ3) is 3.04. The maximum atomic E-state index is 13.4. The van der Waals surface area contributed by atoms with Crippen LogP contribution in [0.25, 0.3) is 11.0 Å². The molecule has 1 unspecified atom stereocenters. The van der Waals surface area contributed by atoms with Gasteiger partial charge in [0.25, 0.3) is 0 Å². The molecule has 6 heteroatoms. The average Bonchev–Trinajstić information content (AvgIpc) is 2.80. The molecule has 0 radical (unpaired) electrons. The standard InChI is InChI=1S/C15H19F2N3O/c1-5-15(3,4)19-14(21)9(2)20-8-18-12-6-10(16)11(17)7-13(12)20/h6-9H,5H2,1-4H3,(H,19,21). The van der Waals surface area contributed by atoms with E-state index in [2.05, 4.69) is 10.3 Å². The lowest BCUT2D eigenvalue weighted by molar-refractivity contribution is -0.125. The number of carbonyl (C=O) groups is 1. The molecule has 0 bridgehead atoms. The molecule has 0 saturated heterocycles. The zero-order chi connectivity index (χ0) is 15.8. The number of nitrogens with zero attached hydrogens (tertiary/aromatic N) is 2. The number of aromatic nitrogens is 2. The molecular weight excluding hydrogens is 276 g/mol. The van der Waals surface area contributed by atoms with Crippen LogP contribution in [0.3, 0.4) is 0 Å². The second-order valence-electron chi connectivity index (χ2n) is 5.81. The van der Waals surface area contributed by atoms with Crippen molar-refractivity contribution >= 4 is 16.9 Å². The van der Waals surface area contributed by atoms with Crippen LogP contribution >= 0.6 is 0 Å². The van der Waals surface area contributed by atoms with E-state index in [1.54, 1.807) is 11.5 Å². The Kier molecular flexibility index (Phi) is 3.98. The Morgan fingerprint density at radius 2 is 2.00 bits per heavy atom. The van der Waals surface area contributed by atoms with Crippen molar-refractivity contribution in [3.63, 3.8) is 0 Å². The van der Waals surface area contributed by atoms with Crippen LogP contribution in [0, 0.1) is 11.6 Å². The van der Waals surface area contributed by atoms with E-state index in [1.165, 1.54) is 6.33 Å². The molecule has 1 atom stereocenters. The molecule has 21 heavy (non-hydrogen) atoms. The molecule has 2 rings (SSSR count). The highest BCUT2D eigenvalue weighted by molar-refractivity contribution is 5.84. The minimum atomic E-state index is -0.953. The first-order chi connectivity index (χ1) is 9.75. The summed E-state index contributed by atoms with van der Waals surface area (Å²) in [6, 6.07) is 1.53. The van der Waals surface area contributed by atoms with Crippen LogP contribution in [0.1, 0.15) is 40.2 Å². The first-order valence-electron chi connectivity index (χ1n) is 6.89. The number of imidazole rings is 1. The highest BCUT2D eigenvalue weighted by atomic mass is 19.2. The highest BCUT2D eigenvalue weighted by Gasteiger charge is 2.24. The average molecular weight is 295 g/mol. The summed E-state index contributed by atoms with van der Waals surface area (Å²) in [4.78, 5) is 16.3. The number of benzene rings is 1. The molecule has 1 aromatic heterocycles. The zero-order valence-corrected chi connectivity index (χ0v) is 12.6. The molecule has 4 nitrogen and oxygen atoms in total.